The fraction of sp³-hybridized carbons (Fsp3) is 0.357. The van der Waals surface area contributed by atoms with Crippen molar-refractivity contribution in [1.29, 1.82) is 0 Å². The van der Waals surface area contributed by atoms with Crippen LogP contribution in [0, 0.1) is 5.92 Å². The molecule has 0 bridgehead atoms. The molecule has 1 aliphatic rings. The van der Waals surface area contributed by atoms with Gasteiger partial charge in [0.1, 0.15) is 6.04 Å². The lowest BCUT2D eigenvalue weighted by atomic mass is 10.0. The van der Waals surface area contributed by atoms with Crippen LogP contribution in [0.3, 0.4) is 0 Å². The zero-order chi connectivity index (χ0) is 15.0. The van der Waals surface area contributed by atoms with Crippen molar-refractivity contribution in [1.82, 2.24) is 4.90 Å². The first kappa shape index (κ1) is 14.5. The summed E-state index contributed by atoms with van der Waals surface area (Å²) >= 11 is 5.81. The molecular formula is C14H14ClNO4. The summed E-state index contributed by atoms with van der Waals surface area (Å²) in [6.07, 6.45) is 0.217. The molecule has 1 atom stereocenters. The molecule has 1 aliphatic heterocycles. The predicted octanol–water partition coefficient (Wildman–Crippen LogP) is 2.44. The van der Waals surface area contributed by atoms with Crippen molar-refractivity contribution < 1.29 is 19.5 Å². The van der Waals surface area contributed by atoms with E-state index in [1.54, 1.807) is 0 Å². The van der Waals surface area contributed by atoms with Gasteiger partial charge in [-0.15, -0.1) is 0 Å². The molecule has 106 valence electrons. The molecule has 0 radical (unpaired) electrons. The van der Waals surface area contributed by atoms with E-state index < -0.39 is 23.8 Å². The van der Waals surface area contributed by atoms with Gasteiger partial charge >= 0.3 is 5.97 Å². The van der Waals surface area contributed by atoms with Crippen LogP contribution in [-0.2, 0) is 4.79 Å². The molecule has 2 amide bonds. The Morgan fingerprint density at radius 3 is 2.40 bits per heavy atom. The van der Waals surface area contributed by atoms with Gasteiger partial charge in [-0.2, -0.15) is 0 Å². The van der Waals surface area contributed by atoms with Crippen LogP contribution in [0.25, 0.3) is 0 Å². The van der Waals surface area contributed by atoms with Crippen molar-refractivity contribution in [2.24, 2.45) is 5.92 Å². The number of carbonyl (C=O) groups is 3. The van der Waals surface area contributed by atoms with Crippen LogP contribution in [0.15, 0.2) is 18.2 Å². The Bertz CT molecular complexity index is 597. The molecular weight excluding hydrogens is 282 g/mol. The van der Waals surface area contributed by atoms with Crippen molar-refractivity contribution in [3.63, 3.8) is 0 Å². The summed E-state index contributed by atoms with van der Waals surface area (Å²) in [4.78, 5) is 36.7. The van der Waals surface area contributed by atoms with E-state index in [4.69, 9.17) is 11.6 Å². The van der Waals surface area contributed by atoms with E-state index in [9.17, 15) is 19.5 Å². The Morgan fingerprint density at radius 1 is 1.25 bits per heavy atom. The molecule has 1 heterocycles. The third kappa shape index (κ3) is 2.41. The van der Waals surface area contributed by atoms with E-state index in [0.29, 0.717) is 5.02 Å². The highest BCUT2D eigenvalue weighted by Gasteiger charge is 2.43. The second-order valence-corrected chi connectivity index (χ2v) is 5.59. The molecule has 6 heteroatoms. The standard InChI is InChI=1S/C14H14ClNO4/c1-7(2)5-11(14(19)20)16-12(17)9-4-3-8(15)6-10(9)13(16)18/h3-4,6-7,11H,5H2,1-2H3,(H,19,20)/t11-/m1/s1. The molecule has 0 saturated carbocycles. The maximum Gasteiger partial charge on any atom is 0.326 e. The predicted molar refractivity (Wildman–Crippen MR) is 72.8 cm³/mol. The van der Waals surface area contributed by atoms with E-state index in [-0.39, 0.29) is 23.5 Å². The van der Waals surface area contributed by atoms with Gasteiger partial charge in [0.2, 0.25) is 0 Å². The Morgan fingerprint density at radius 2 is 1.85 bits per heavy atom. The second kappa shape index (κ2) is 5.25. The molecule has 0 aromatic heterocycles. The van der Waals surface area contributed by atoms with Gasteiger partial charge in [0.05, 0.1) is 11.1 Å². The number of carboxylic acids is 1. The van der Waals surface area contributed by atoms with Crippen molar-refractivity contribution in [2.45, 2.75) is 26.3 Å². The molecule has 1 aromatic carbocycles. The van der Waals surface area contributed by atoms with E-state index in [1.807, 2.05) is 13.8 Å². The SMILES string of the molecule is CC(C)C[C@H](C(=O)O)N1C(=O)c2ccc(Cl)cc2C1=O. The molecule has 5 nitrogen and oxygen atoms in total. The fourth-order valence-electron chi connectivity index (χ4n) is 2.28. The maximum atomic E-state index is 12.3. The second-order valence-electron chi connectivity index (χ2n) is 5.15. The van der Waals surface area contributed by atoms with Crippen LogP contribution in [0.5, 0.6) is 0 Å². The minimum Gasteiger partial charge on any atom is -0.480 e. The minimum atomic E-state index is -1.18. The number of hydrogen-bond acceptors (Lipinski definition) is 3. The van der Waals surface area contributed by atoms with E-state index >= 15 is 0 Å². The third-order valence-electron chi connectivity index (χ3n) is 3.17. The third-order valence-corrected chi connectivity index (χ3v) is 3.41. The lowest BCUT2D eigenvalue weighted by Gasteiger charge is -2.23. The molecule has 0 unspecified atom stereocenters. The number of hydrogen-bond donors (Lipinski definition) is 1. The highest BCUT2D eigenvalue weighted by molar-refractivity contribution is 6.32. The van der Waals surface area contributed by atoms with Crippen LogP contribution in [0.2, 0.25) is 5.02 Å². The summed E-state index contributed by atoms with van der Waals surface area (Å²) in [7, 11) is 0. The number of aliphatic carboxylic acids is 1. The molecule has 0 aliphatic carbocycles. The van der Waals surface area contributed by atoms with E-state index in [2.05, 4.69) is 0 Å². The van der Waals surface area contributed by atoms with Crippen molar-refractivity contribution in [3.05, 3.63) is 34.3 Å². The van der Waals surface area contributed by atoms with Crippen LogP contribution < -0.4 is 0 Å². The van der Waals surface area contributed by atoms with Gasteiger partial charge in [0.25, 0.3) is 11.8 Å². The number of nitrogens with zero attached hydrogens (tertiary/aromatic N) is 1. The molecule has 0 fully saturated rings. The summed E-state index contributed by atoms with van der Waals surface area (Å²) in [6.45, 7) is 3.68. The number of carboxylic acid groups (broad SMARTS) is 1. The topological polar surface area (TPSA) is 74.7 Å². The molecule has 2 rings (SSSR count). The van der Waals surface area contributed by atoms with Gasteiger partial charge < -0.3 is 5.11 Å². The van der Waals surface area contributed by atoms with Crippen molar-refractivity contribution in [2.75, 3.05) is 0 Å². The highest BCUT2D eigenvalue weighted by atomic mass is 35.5. The Labute approximate surface area is 121 Å². The van der Waals surface area contributed by atoms with Gasteiger partial charge in [-0.25, -0.2) is 4.79 Å². The Kier molecular flexibility index (Phi) is 3.81. The van der Waals surface area contributed by atoms with Crippen molar-refractivity contribution in [3.8, 4) is 0 Å². The largest absolute Gasteiger partial charge is 0.480 e. The van der Waals surface area contributed by atoms with Gasteiger partial charge in [0.15, 0.2) is 0 Å². The molecule has 1 N–H and O–H groups in total. The lowest BCUT2D eigenvalue weighted by Crippen LogP contribution is -2.45. The number of benzene rings is 1. The number of fused-ring (bicyclic) bond motifs is 1. The minimum absolute atomic E-state index is 0.0454. The van der Waals surface area contributed by atoms with Gasteiger partial charge in [-0.3, -0.25) is 14.5 Å². The first-order valence-corrected chi connectivity index (χ1v) is 6.61. The monoisotopic (exact) mass is 295 g/mol. The zero-order valence-corrected chi connectivity index (χ0v) is 11.8. The Hall–Kier alpha value is -1.88. The number of carbonyl (C=O) groups excluding carboxylic acids is 2. The number of rotatable bonds is 4. The summed E-state index contributed by atoms with van der Waals surface area (Å²) < 4.78 is 0. The first-order valence-electron chi connectivity index (χ1n) is 6.23. The van der Waals surface area contributed by atoms with Crippen LogP contribution in [0.4, 0.5) is 0 Å². The Balaban J connectivity index is 2.42. The van der Waals surface area contributed by atoms with Gasteiger partial charge in [0, 0.05) is 5.02 Å². The smallest absolute Gasteiger partial charge is 0.326 e. The highest BCUT2D eigenvalue weighted by Crippen LogP contribution is 2.29. The van der Waals surface area contributed by atoms with Crippen LogP contribution in [-0.4, -0.2) is 33.8 Å². The van der Waals surface area contributed by atoms with Crippen LogP contribution in [0.1, 0.15) is 41.0 Å². The number of imide groups is 1. The number of amides is 2. The van der Waals surface area contributed by atoms with E-state index in [0.717, 1.165) is 4.90 Å². The molecule has 20 heavy (non-hydrogen) atoms. The lowest BCUT2D eigenvalue weighted by molar-refractivity contribution is -0.142. The first-order chi connectivity index (χ1) is 9.32. The number of halogens is 1. The summed E-state index contributed by atoms with van der Waals surface area (Å²) in [5.74, 6) is -2.31. The van der Waals surface area contributed by atoms with Gasteiger partial charge in [-0.1, -0.05) is 25.4 Å². The summed E-state index contributed by atoms with van der Waals surface area (Å²) in [6, 6.07) is 3.20. The summed E-state index contributed by atoms with van der Waals surface area (Å²) in [5, 5.41) is 9.62. The zero-order valence-electron chi connectivity index (χ0n) is 11.1. The molecule has 1 aromatic rings. The van der Waals surface area contributed by atoms with Crippen molar-refractivity contribution >= 4 is 29.4 Å². The quantitative estimate of drug-likeness (QED) is 0.866. The summed E-state index contributed by atoms with van der Waals surface area (Å²) in [5.41, 5.74) is 0.368. The molecule has 0 saturated heterocycles. The van der Waals surface area contributed by atoms with Gasteiger partial charge in [-0.05, 0) is 30.5 Å². The normalized spacial score (nSPS) is 15.7. The average molecular weight is 296 g/mol. The van der Waals surface area contributed by atoms with Crippen LogP contribution >= 0.6 is 11.6 Å². The van der Waals surface area contributed by atoms with E-state index in [1.165, 1.54) is 18.2 Å². The molecule has 0 spiro atoms. The average Bonchev–Trinajstić information content (AvgIpc) is 2.58. The maximum absolute atomic E-state index is 12.3. The fourth-order valence-corrected chi connectivity index (χ4v) is 2.45.